The Balaban J connectivity index is 0.00000320. The number of benzene rings is 1. The number of likely N-dealkylation sites (tertiary alicyclic amines) is 1. The summed E-state index contributed by atoms with van der Waals surface area (Å²) in [5.41, 5.74) is 4.98. The van der Waals surface area contributed by atoms with E-state index in [1.807, 2.05) is 14.0 Å². The maximum atomic E-state index is 4.51. The molecule has 166 valence electrons. The normalized spacial score (nSPS) is 15.0. The fraction of sp³-hybridized carbons (Fsp3) is 0.565. The fourth-order valence-electron chi connectivity index (χ4n) is 3.88. The second-order valence-corrected chi connectivity index (χ2v) is 8.01. The number of nitrogens with zero attached hydrogens (tertiary/aromatic N) is 4. The summed E-state index contributed by atoms with van der Waals surface area (Å²) >= 11 is 0. The highest BCUT2D eigenvalue weighted by atomic mass is 127. The molecule has 3 rings (SSSR count). The summed E-state index contributed by atoms with van der Waals surface area (Å²) < 4.78 is 2.07. The highest BCUT2D eigenvalue weighted by molar-refractivity contribution is 14.0. The van der Waals surface area contributed by atoms with Crippen LogP contribution in [0.4, 0.5) is 0 Å². The first-order chi connectivity index (χ1) is 14.1. The van der Waals surface area contributed by atoms with Crippen molar-refractivity contribution in [2.75, 3.05) is 26.7 Å². The van der Waals surface area contributed by atoms with Crippen molar-refractivity contribution in [3.05, 3.63) is 52.8 Å². The molecule has 1 aromatic heterocycles. The van der Waals surface area contributed by atoms with Gasteiger partial charge >= 0.3 is 0 Å². The van der Waals surface area contributed by atoms with E-state index in [0.717, 1.165) is 44.3 Å². The van der Waals surface area contributed by atoms with Crippen molar-refractivity contribution in [2.24, 2.45) is 4.99 Å². The summed E-state index contributed by atoms with van der Waals surface area (Å²) in [7, 11) is 1.82. The number of hydrogen-bond donors (Lipinski definition) is 2. The molecular formula is C23H37IN6. The molecule has 2 N–H and O–H groups in total. The molecule has 30 heavy (non-hydrogen) atoms. The predicted octanol–water partition coefficient (Wildman–Crippen LogP) is 3.86. The summed E-state index contributed by atoms with van der Waals surface area (Å²) in [6, 6.07) is 11.1. The minimum atomic E-state index is 0. The van der Waals surface area contributed by atoms with E-state index in [1.165, 1.54) is 49.2 Å². The van der Waals surface area contributed by atoms with Crippen LogP contribution in [0.2, 0.25) is 0 Å². The molecule has 1 fully saturated rings. The maximum Gasteiger partial charge on any atom is 0.191 e. The monoisotopic (exact) mass is 524 g/mol. The van der Waals surface area contributed by atoms with E-state index in [0.29, 0.717) is 0 Å². The van der Waals surface area contributed by atoms with Crippen LogP contribution in [-0.2, 0) is 19.6 Å². The predicted molar refractivity (Wildman–Crippen MR) is 136 cm³/mol. The molecule has 1 saturated heterocycles. The van der Waals surface area contributed by atoms with E-state index >= 15 is 0 Å². The number of aliphatic imine (C=N–C) groups is 1. The smallest absolute Gasteiger partial charge is 0.191 e. The number of rotatable bonds is 8. The maximum absolute atomic E-state index is 4.51. The van der Waals surface area contributed by atoms with Gasteiger partial charge in [-0.3, -0.25) is 14.6 Å². The first-order valence-corrected chi connectivity index (χ1v) is 10.9. The lowest BCUT2D eigenvalue weighted by Crippen LogP contribution is -2.37. The van der Waals surface area contributed by atoms with Gasteiger partial charge in [-0.05, 0) is 63.4 Å². The van der Waals surface area contributed by atoms with Gasteiger partial charge < -0.3 is 10.6 Å². The van der Waals surface area contributed by atoms with E-state index in [2.05, 4.69) is 67.6 Å². The Morgan fingerprint density at radius 2 is 1.73 bits per heavy atom. The number of nitrogens with one attached hydrogen (secondary N) is 2. The molecule has 6 nitrogen and oxygen atoms in total. The van der Waals surface area contributed by atoms with Gasteiger partial charge in [0, 0.05) is 38.9 Å². The average Bonchev–Trinajstić information content (AvgIpc) is 3.06. The second kappa shape index (κ2) is 12.9. The Kier molecular flexibility index (Phi) is 10.6. The molecule has 1 aliphatic heterocycles. The van der Waals surface area contributed by atoms with Crippen LogP contribution >= 0.6 is 24.0 Å². The van der Waals surface area contributed by atoms with E-state index < -0.39 is 0 Å². The lowest BCUT2D eigenvalue weighted by atomic mass is 10.1. The Labute approximate surface area is 198 Å². The third-order valence-corrected chi connectivity index (χ3v) is 5.50. The average molecular weight is 524 g/mol. The van der Waals surface area contributed by atoms with Gasteiger partial charge in [-0.25, -0.2) is 0 Å². The van der Waals surface area contributed by atoms with Gasteiger partial charge in [0.2, 0.25) is 0 Å². The van der Waals surface area contributed by atoms with Crippen LogP contribution in [-0.4, -0.2) is 47.3 Å². The van der Waals surface area contributed by atoms with Gasteiger partial charge in [-0.2, -0.15) is 5.10 Å². The van der Waals surface area contributed by atoms with Crippen LogP contribution in [0.1, 0.15) is 48.2 Å². The minimum absolute atomic E-state index is 0. The van der Waals surface area contributed by atoms with Gasteiger partial charge in [-0.1, -0.05) is 30.7 Å². The summed E-state index contributed by atoms with van der Waals surface area (Å²) in [4.78, 5) is 6.89. The molecule has 0 aliphatic carbocycles. The molecule has 0 unspecified atom stereocenters. The first-order valence-electron chi connectivity index (χ1n) is 10.9. The van der Waals surface area contributed by atoms with Gasteiger partial charge in [0.1, 0.15) is 0 Å². The zero-order valence-corrected chi connectivity index (χ0v) is 21.0. The summed E-state index contributed by atoms with van der Waals surface area (Å²) in [5.74, 6) is 0.843. The lowest BCUT2D eigenvalue weighted by Gasteiger charge is -2.26. The van der Waals surface area contributed by atoms with E-state index in [1.54, 1.807) is 0 Å². The number of aryl methyl sites for hydroxylation is 3. The Hall–Kier alpha value is -1.61. The molecule has 0 radical (unpaired) electrons. The Morgan fingerprint density at radius 3 is 2.37 bits per heavy atom. The number of hydrogen-bond acceptors (Lipinski definition) is 3. The van der Waals surface area contributed by atoms with Crippen molar-refractivity contribution in [2.45, 2.75) is 59.2 Å². The molecule has 0 saturated carbocycles. The van der Waals surface area contributed by atoms with Gasteiger partial charge in [-0.15, -0.1) is 24.0 Å². The van der Waals surface area contributed by atoms with E-state index in [-0.39, 0.29) is 24.0 Å². The standard InChI is InChI=1S/C23H36N6.HI/c1-19-16-20(2)29(27-19)15-7-12-25-23(24-3)26-17-21-8-10-22(11-9-21)18-28-13-5-4-6-14-28;/h8-11,16H,4-7,12-15,17-18H2,1-3H3,(H2,24,25,26);1H. The van der Waals surface area contributed by atoms with Gasteiger partial charge in [0.15, 0.2) is 5.96 Å². The second-order valence-electron chi connectivity index (χ2n) is 8.01. The molecule has 2 aromatic rings. The molecule has 1 aromatic carbocycles. The summed E-state index contributed by atoms with van der Waals surface area (Å²) in [6.07, 6.45) is 5.08. The third-order valence-electron chi connectivity index (χ3n) is 5.50. The van der Waals surface area contributed by atoms with Crippen LogP contribution in [0.5, 0.6) is 0 Å². The van der Waals surface area contributed by atoms with Gasteiger partial charge in [0.05, 0.1) is 5.69 Å². The highest BCUT2D eigenvalue weighted by Crippen LogP contribution is 2.13. The molecule has 7 heteroatoms. The van der Waals surface area contributed by atoms with Crippen LogP contribution in [0, 0.1) is 13.8 Å². The van der Waals surface area contributed by atoms with Crippen molar-refractivity contribution in [1.82, 2.24) is 25.3 Å². The van der Waals surface area contributed by atoms with Crippen molar-refractivity contribution < 1.29 is 0 Å². The van der Waals surface area contributed by atoms with Crippen molar-refractivity contribution in [3.8, 4) is 0 Å². The minimum Gasteiger partial charge on any atom is -0.356 e. The van der Waals surface area contributed by atoms with Crippen molar-refractivity contribution in [3.63, 3.8) is 0 Å². The van der Waals surface area contributed by atoms with Crippen LogP contribution in [0.3, 0.4) is 0 Å². The van der Waals surface area contributed by atoms with Gasteiger partial charge in [0.25, 0.3) is 0 Å². The van der Waals surface area contributed by atoms with Crippen molar-refractivity contribution in [1.29, 1.82) is 0 Å². The lowest BCUT2D eigenvalue weighted by molar-refractivity contribution is 0.221. The largest absolute Gasteiger partial charge is 0.356 e. The fourth-order valence-corrected chi connectivity index (χ4v) is 3.88. The van der Waals surface area contributed by atoms with E-state index in [9.17, 15) is 0 Å². The highest BCUT2D eigenvalue weighted by Gasteiger charge is 2.10. The molecule has 0 spiro atoms. The molecule has 2 heterocycles. The Bertz CT molecular complexity index is 777. The topological polar surface area (TPSA) is 57.5 Å². The number of piperidine rings is 1. The number of guanidine groups is 1. The third kappa shape index (κ3) is 7.91. The summed E-state index contributed by atoms with van der Waals surface area (Å²) in [6.45, 7) is 10.3. The molecule has 0 amide bonds. The van der Waals surface area contributed by atoms with Crippen LogP contribution in [0.15, 0.2) is 35.3 Å². The molecule has 0 atom stereocenters. The SMILES string of the molecule is CN=C(NCCCn1nc(C)cc1C)NCc1ccc(CN2CCCCC2)cc1.I. The molecule has 1 aliphatic rings. The van der Waals surface area contributed by atoms with Crippen LogP contribution in [0.25, 0.3) is 0 Å². The van der Waals surface area contributed by atoms with Crippen LogP contribution < -0.4 is 10.6 Å². The quantitative estimate of drug-likeness (QED) is 0.239. The number of halogens is 1. The first kappa shape index (κ1) is 24.7. The molecular weight excluding hydrogens is 487 g/mol. The Morgan fingerprint density at radius 1 is 1.03 bits per heavy atom. The number of aromatic nitrogens is 2. The zero-order valence-electron chi connectivity index (χ0n) is 18.7. The summed E-state index contributed by atoms with van der Waals surface area (Å²) in [5, 5.41) is 11.3. The zero-order chi connectivity index (χ0) is 20.5. The van der Waals surface area contributed by atoms with E-state index in [4.69, 9.17) is 0 Å². The van der Waals surface area contributed by atoms with Crippen molar-refractivity contribution >= 4 is 29.9 Å². The molecule has 0 bridgehead atoms.